The van der Waals surface area contributed by atoms with Crippen LogP contribution in [0.25, 0.3) is 21.9 Å². The minimum atomic E-state index is -0.259. The summed E-state index contributed by atoms with van der Waals surface area (Å²) in [5, 5.41) is 9.82. The summed E-state index contributed by atoms with van der Waals surface area (Å²) in [6.07, 6.45) is 1.63. The van der Waals surface area contributed by atoms with E-state index in [1.807, 2.05) is 25.1 Å². The number of amides is 1. The Bertz CT molecular complexity index is 1120. The molecule has 1 amide bonds. The van der Waals surface area contributed by atoms with Crippen molar-refractivity contribution in [1.82, 2.24) is 9.88 Å². The Morgan fingerprint density at radius 3 is 2.70 bits per heavy atom. The highest BCUT2D eigenvalue weighted by atomic mass is 16.5. The van der Waals surface area contributed by atoms with E-state index < -0.39 is 0 Å². The molecule has 0 spiro atoms. The molecule has 0 bridgehead atoms. The van der Waals surface area contributed by atoms with Crippen LogP contribution in [0.1, 0.15) is 15.9 Å². The molecule has 6 nitrogen and oxygen atoms in total. The smallest absolute Gasteiger partial charge is 0.255 e. The molecule has 1 N–H and O–H groups in total. The zero-order chi connectivity index (χ0) is 19.6. The Labute approximate surface area is 156 Å². The number of nitriles is 1. The molecule has 1 heterocycles. The van der Waals surface area contributed by atoms with Crippen molar-refractivity contribution in [2.45, 2.75) is 6.92 Å². The van der Waals surface area contributed by atoms with Gasteiger partial charge in [-0.05, 0) is 47.7 Å². The van der Waals surface area contributed by atoms with Crippen molar-refractivity contribution >= 4 is 16.7 Å². The van der Waals surface area contributed by atoms with Crippen molar-refractivity contribution in [1.29, 1.82) is 5.26 Å². The van der Waals surface area contributed by atoms with E-state index in [2.05, 4.69) is 4.98 Å². The number of hydrogen-bond donors (Lipinski definition) is 1. The lowest BCUT2D eigenvalue weighted by molar-refractivity contribution is 0.0828. The molecule has 0 aliphatic rings. The second-order valence-corrected chi connectivity index (χ2v) is 6.38. The molecule has 3 rings (SSSR count). The quantitative estimate of drug-likeness (QED) is 0.774. The third-order valence-corrected chi connectivity index (χ3v) is 4.36. The molecule has 2 aromatic carbocycles. The second kappa shape index (κ2) is 7.34. The molecule has 3 aromatic rings. The molecule has 0 atom stereocenters. The average molecular weight is 361 g/mol. The largest absolute Gasteiger partial charge is 0.479 e. The molecule has 6 heteroatoms. The number of aromatic amines is 1. The highest BCUT2D eigenvalue weighted by Gasteiger charge is 2.19. The molecule has 0 radical (unpaired) electrons. The van der Waals surface area contributed by atoms with Gasteiger partial charge < -0.3 is 14.6 Å². The molecule has 0 fully saturated rings. The number of carbonyl (C=O) groups is 1. The maximum Gasteiger partial charge on any atom is 0.255 e. The topological polar surface area (TPSA) is 86.2 Å². The molecular weight excluding hydrogens is 342 g/mol. The first-order valence-corrected chi connectivity index (χ1v) is 8.41. The lowest BCUT2D eigenvalue weighted by atomic mass is 9.92. The number of benzene rings is 2. The van der Waals surface area contributed by atoms with Crippen LogP contribution in [0.4, 0.5) is 0 Å². The van der Waals surface area contributed by atoms with Gasteiger partial charge in [0, 0.05) is 31.4 Å². The van der Waals surface area contributed by atoms with Crippen LogP contribution in [-0.4, -0.2) is 36.5 Å². The summed E-state index contributed by atoms with van der Waals surface area (Å²) in [4.78, 5) is 29.3. The highest BCUT2D eigenvalue weighted by molar-refractivity contribution is 6.06. The fourth-order valence-electron chi connectivity index (χ4n) is 3.10. The van der Waals surface area contributed by atoms with Crippen LogP contribution in [0.15, 0.2) is 47.4 Å². The number of ether oxygens (including phenoxy) is 1. The molecule has 136 valence electrons. The minimum absolute atomic E-state index is 0.0949. The van der Waals surface area contributed by atoms with Crippen LogP contribution in [0, 0.1) is 18.3 Å². The summed E-state index contributed by atoms with van der Waals surface area (Å²) in [5.41, 5.74) is 2.78. The number of nitrogens with zero attached hydrogens (tertiary/aromatic N) is 2. The number of aryl methyl sites for hydroxylation is 1. The molecule has 27 heavy (non-hydrogen) atoms. The number of pyridine rings is 1. The van der Waals surface area contributed by atoms with Gasteiger partial charge in [-0.15, -0.1) is 0 Å². The van der Waals surface area contributed by atoms with Gasteiger partial charge in [0.1, 0.15) is 11.8 Å². The van der Waals surface area contributed by atoms with Gasteiger partial charge in [-0.25, -0.2) is 0 Å². The third-order valence-electron chi connectivity index (χ3n) is 4.36. The monoisotopic (exact) mass is 361 g/mol. The molecule has 0 saturated carbocycles. The lowest BCUT2D eigenvalue weighted by Gasteiger charge is -2.17. The predicted octanol–water partition coefficient (Wildman–Crippen LogP) is 3.11. The normalized spacial score (nSPS) is 10.4. The van der Waals surface area contributed by atoms with E-state index in [-0.39, 0.29) is 18.1 Å². The van der Waals surface area contributed by atoms with Crippen LogP contribution < -0.4 is 10.3 Å². The Kier molecular flexibility index (Phi) is 4.95. The SMILES string of the molecule is Cc1cccc(C(=O)N(C)C)c1-c1c[nH]c(=O)c2cc(OCC#N)ccc12. The van der Waals surface area contributed by atoms with Gasteiger partial charge in [0.15, 0.2) is 6.61 Å². The summed E-state index contributed by atoms with van der Waals surface area (Å²) in [5.74, 6) is 0.336. The van der Waals surface area contributed by atoms with Gasteiger partial charge in [0.25, 0.3) is 11.5 Å². The molecule has 0 unspecified atom stereocenters. The van der Waals surface area contributed by atoms with E-state index >= 15 is 0 Å². The number of nitrogens with one attached hydrogen (secondary N) is 1. The van der Waals surface area contributed by atoms with Crippen molar-refractivity contribution in [2.24, 2.45) is 0 Å². The van der Waals surface area contributed by atoms with Gasteiger partial charge >= 0.3 is 0 Å². The average Bonchev–Trinajstić information content (AvgIpc) is 2.66. The first kappa shape index (κ1) is 18.2. The zero-order valence-corrected chi connectivity index (χ0v) is 15.4. The van der Waals surface area contributed by atoms with E-state index in [1.54, 1.807) is 44.6 Å². The maximum atomic E-state index is 12.7. The van der Waals surface area contributed by atoms with Gasteiger partial charge in [-0.1, -0.05) is 12.1 Å². The predicted molar refractivity (Wildman–Crippen MR) is 104 cm³/mol. The first-order valence-electron chi connectivity index (χ1n) is 8.41. The maximum absolute atomic E-state index is 12.7. The van der Waals surface area contributed by atoms with Gasteiger partial charge in [0.2, 0.25) is 0 Å². The van der Waals surface area contributed by atoms with Crippen molar-refractivity contribution < 1.29 is 9.53 Å². The Balaban J connectivity index is 2.28. The van der Waals surface area contributed by atoms with Crippen molar-refractivity contribution in [3.05, 3.63) is 64.1 Å². The van der Waals surface area contributed by atoms with E-state index in [4.69, 9.17) is 10.00 Å². The van der Waals surface area contributed by atoms with Crippen molar-refractivity contribution in [3.63, 3.8) is 0 Å². The van der Waals surface area contributed by atoms with Gasteiger partial charge in [0.05, 0.1) is 5.39 Å². The summed E-state index contributed by atoms with van der Waals surface area (Å²) < 4.78 is 5.31. The summed E-state index contributed by atoms with van der Waals surface area (Å²) in [6.45, 7) is 1.84. The summed E-state index contributed by atoms with van der Waals surface area (Å²) in [6, 6.07) is 12.6. The molecule has 1 aromatic heterocycles. The van der Waals surface area contributed by atoms with Crippen LogP contribution in [-0.2, 0) is 0 Å². The molecule has 0 aliphatic carbocycles. The Morgan fingerprint density at radius 1 is 1.22 bits per heavy atom. The number of hydrogen-bond acceptors (Lipinski definition) is 4. The van der Waals surface area contributed by atoms with E-state index in [0.29, 0.717) is 22.1 Å². The van der Waals surface area contributed by atoms with Gasteiger partial charge in [-0.3, -0.25) is 9.59 Å². The fourth-order valence-corrected chi connectivity index (χ4v) is 3.10. The van der Waals surface area contributed by atoms with E-state index in [9.17, 15) is 9.59 Å². The lowest BCUT2D eigenvalue weighted by Crippen LogP contribution is -2.22. The van der Waals surface area contributed by atoms with Crippen LogP contribution in [0.5, 0.6) is 5.75 Å². The standard InChI is InChI=1S/C21H19N3O3/c1-13-5-4-6-16(21(26)24(2)3)19(13)18-12-23-20(25)17-11-14(27-10-9-22)7-8-15(17)18/h4-8,11-12H,10H2,1-3H3,(H,23,25). The number of carbonyl (C=O) groups excluding carboxylic acids is 1. The molecule has 0 saturated heterocycles. The number of rotatable bonds is 4. The summed E-state index contributed by atoms with van der Waals surface area (Å²) >= 11 is 0. The van der Waals surface area contributed by atoms with Crippen molar-refractivity contribution in [2.75, 3.05) is 20.7 Å². The zero-order valence-electron chi connectivity index (χ0n) is 15.4. The fraction of sp³-hybridized carbons (Fsp3) is 0.190. The summed E-state index contributed by atoms with van der Waals surface area (Å²) in [7, 11) is 3.41. The number of H-pyrrole nitrogens is 1. The minimum Gasteiger partial charge on any atom is -0.479 e. The van der Waals surface area contributed by atoms with Crippen LogP contribution >= 0.6 is 0 Å². The van der Waals surface area contributed by atoms with Gasteiger partial charge in [-0.2, -0.15) is 5.26 Å². The van der Waals surface area contributed by atoms with Crippen molar-refractivity contribution in [3.8, 4) is 22.9 Å². The Morgan fingerprint density at radius 2 is 2.00 bits per heavy atom. The first-order chi connectivity index (χ1) is 12.9. The second-order valence-electron chi connectivity index (χ2n) is 6.38. The molecule has 0 aliphatic heterocycles. The van der Waals surface area contributed by atoms with E-state index in [0.717, 1.165) is 16.7 Å². The molecular formula is C21H19N3O3. The highest BCUT2D eigenvalue weighted by Crippen LogP contribution is 2.33. The Hall–Kier alpha value is -3.59. The number of aromatic nitrogens is 1. The number of fused-ring (bicyclic) bond motifs is 1. The van der Waals surface area contributed by atoms with E-state index in [1.165, 1.54) is 4.90 Å². The van der Waals surface area contributed by atoms with Crippen LogP contribution in [0.2, 0.25) is 0 Å². The third kappa shape index (κ3) is 3.40. The van der Waals surface area contributed by atoms with Crippen LogP contribution in [0.3, 0.4) is 0 Å².